The zero-order valence-corrected chi connectivity index (χ0v) is 12.9. The number of rotatable bonds is 5. The van der Waals surface area contributed by atoms with Crippen LogP contribution in [0, 0.1) is 0 Å². The maximum atomic E-state index is 11.1. The van der Waals surface area contributed by atoms with Gasteiger partial charge in [0.05, 0.1) is 13.2 Å². The third-order valence-corrected chi connectivity index (χ3v) is 3.39. The lowest BCUT2D eigenvalue weighted by Gasteiger charge is -2.26. The van der Waals surface area contributed by atoms with Gasteiger partial charge in [-0.1, -0.05) is 24.3 Å². The molecule has 0 aliphatic carbocycles. The molecule has 1 aromatic rings. The first kappa shape index (κ1) is 17.2. The summed E-state index contributed by atoms with van der Waals surface area (Å²) in [6, 6.07) is 8.31. The van der Waals surface area contributed by atoms with Gasteiger partial charge >= 0.3 is 0 Å². The monoisotopic (exact) mass is 318 g/mol. The number of amides is 1. The average Bonchev–Trinajstić information content (AvgIpc) is 2.47. The molecule has 1 aliphatic heterocycles. The maximum Gasteiger partial charge on any atom is 0.235 e. The molecular formula is C14H20Cl2N2O2. The minimum absolute atomic E-state index is 0. The molecular weight excluding hydrogens is 299 g/mol. The molecule has 0 spiro atoms. The van der Waals surface area contributed by atoms with E-state index in [-0.39, 0.29) is 24.2 Å². The van der Waals surface area contributed by atoms with E-state index in [1.54, 1.807) is 0 Å². The number of carbonyl (C=O) groups excluding carboxylic acids is 1. The van der Waals surface area contributed by atoms with Gasteiger partial charge in [-0.3, -0.25) is 9.69 Å². The van der Waals surface area contributed by atoms with E-state index in [1.165, 1.54) is 5.56 Å². The molecule has 1 aromatic carbocycles. The first-order valence-electron chi connectivity index (χ1n) is 6.48. The first-order chi connectivity index (χ1) is 9.28. The van der Waals surface area contributed by atoms with Crippen molar-refractivity contribution >= 4 is 29.9 Å². The van der Waals surface area contributed by atoms with Gasteiger partial charge in [-0.05, 0) is 11.1 Å². The third-order valence-electron chi connectivity index (χ3n) is 3.14. The van der Waals surface area contributed by atoms with Crippen LogP contribution in [0.5, 0.6) is 0 Å². The molecule has 1 amide bonds. The summed E-state index contributed by atoms with van der Waals surface area (Å²) in [5.74, 6) is -0.131. The molecule has 0 bridgehead atoms. The molecule has 1 saturated heterocycles. The Morgan fingerprint density at radius 1 is 1.20 bits per heavy atom. The van der Waals surface area contributed by atoms with Crippen LogP contribution in [-0.2, 0) is 22.6 Å². The Bertz CT molecular complexity index is 406. The number of nitrogens with one attached hydrogen (secondary N) is 1. The summed E-state index contributed by atoms with van der Waals surface area (Å²) in [6.07, 6.45) is 0. The smallest absolute Gasteiger partial charge is 0.235 e. The molecule has 1 heterocycles. The largest absolute Gasteiger partial charge is 0.379 e. The molecule has 112 valence electrons. The Kier molecular flexibility index (Phi) is 7.92. The number of alkyl halides is 1. The fraction of sp³-hybridized carbons (Fsp3) is 0.500. The molecule has 20 heavy (non-hydrogen) atoms. The molecule has 2 rings (SSSR count). The van der Waals surface area contributed by atoms with Crippen molar-refractivity contribution in [3.8, 4) is 0 Å². The Labute approximate surface area is 130 Å². The summed E-state index contributed by atoms with van der Waals surface area (Å²) >= 11 is 5.42. The van der Waals surface area contributed by atoms with Crippen LogP contribution in [0.25, 0.3) is 0 Å². The van der Waals surface area contributed by atoms with Crippen LogP contribution in [0.1, 0.15) is 11.1 Å². The fourth-order valence-corrected chi connectivity index (χ4v) is 2.12. The van der Waals surface area contributed by atoms with Gasteiger partial charge in [0.25, 0.3) is 0 Å². The maximum absolute atomic E-state index is 11.1. The van der Waals surface area contributed by atoms with Gasteiger partial charge in [0, 0.05) is 26.2 Å². The van der Waals surface area contributed by atoms with Gasteiger partial charge in [-0.15, -0.1) is 24.0 Å². The number of nitrogens with zero attached hydrogens (tertiary/aromatic N) is 1. The van der Waals surface area contributed by atoms with Crippen LogP contribution in [0.4, 0.5) is 0 Å². The molecule has 1 N–H and O–H groups in total. The number of hydrogen-bond acceptors (Lipinski definition) is 3. The van der Waals surface area contributed by atoms with Gasteiger partial charge in [0.2, 0.25) is 5.91 Å². The van der Waals surface area contributed by atoms with E-state index >= 15 is 0 Å². The van der Waals surface area contributed by atoms with Crippen LogP contribution in [-0.4, -0.2) is 43.0 Å². The minimum atomic E-state index is -0.140. The summed E-state index contributed by atoms with van der Waals surface area (Å²) in [4.78, 5) is 13.4. The van der Waals surface area contributed by atoms with Gasteiger partial charge in [0.1, 0.15) is 5.88 Å². The van der Waals surface area contributed by atoms with Crippen LogP contribution in [0.15, 0.2) is 24.3 Å². The Hall–Kier alpha value is -0.810. The quantitative estimate of drug-likeness (QED) is 0.842. The van der Waals surface area contributed by atoms with E-state index in [0.717, 1.165) is 38.4 Å². The lowest BCUT2D eigenvalue weighted by atomic mass is 10.1. The Morgan fingerprint density at radius 2 is 1.80 bits per heavy atom. The predicted octanol–water partition coefficient (Wildman–Crippen LogP) is 1.80. The summed E-state index contributed by atoms with van der Waals surface area (Å²) < 4.78 is 5.33. The Balaban J connectivity index is 0.00000200. The second-order valence-corrected chi connectivity index (χ2v) is 4.88. The number of carbonyl (C=O) groups is 1. The van der Waals surface area contributed by atoms with Crippen molar-refractivity contribution in [2.75, 3.05) is 32.2 Å². The van der Waals surface area contributed by atoms with Crippen molar-refractivity contribution in [3.05, 3.63) is 35.4 Å². The fourth-order valence-electron chi connectivity index (χ4n) is 2.03. The van der Waals surface area contributed by atoms with E-state index in [9.17, 15) is 4.79 Å². The van der Waals surface area contributed by atoms with Crippen LogP contribution in [0.3, 0.4) is 0 Å². The third kappa shape index (κ3) is 5.67. The molecule has 0 saturated carbocycles. The summed E-state index contributed by atoms with van der Waals surface area (Å²) in [6.45, 7) is 5.12. The molecule has 1 aliphatic rings. The van der Waals surface area contributed by atoms with Crippen LogP contribution in [0.2, 0.25) is 0 Å². The van der Waals surface area contributed by atoms with Crippen LogP contribution < -0.4 is 5.32 Å². The van der Waals surface area contributed by atoms with Gasteiger partial charge in [0.15, 0.2) is 0 Å². The Morgan fingerprint density at radius 3 is 2.40 bits per heavy atom. The topological polar surface area (TPSA) is 41.6 Å². The summed E-state index contributed by atoms with van der Waals surface area (Å²) in [5.41, 5.74) is 2.37. The van der Waals surface area contributed by atoms with Crippen molar-refractivity contribution in [3.63, 3.8) is 0 Å². The highest BCUT2D eigenvalue weighted by atomic mass is 35.5. The number of benzene rings is 1. The highest BCUT2D eigenvalue weighted by molar-refractivity contribution is 6.27. The van der Waals surface area contributed by atoms with Gasteiger partial charge in [-0.25, -0.2) is 0 Å². The van der Waals surface area contributed by atoms with E-state index in [1.807, 2.05) is 12.1 Å². The normalized spacial score (nSPS) is 15.4. The highest BCUT2D eigenvalue weighted by Gasteiger charge is 2.10. The molecule has 0 aromatic heterocycles. The van der Waals surface area contributed by atoms with Gasteiger partial charge in [-0.2, -0.15) is 0 Å². The van der Waals surface area contributed by atoms with E-state index < -0.39 is 0 Å². The molecule has 0 radical (unpaired) electrons. The predicted molar refractivity (Wildman–Crippen MR) is 82.4 cm³/mol. The van der Waals surface area contributed by atoms with Crippen molar-refractivity contribution in [2.24, 2.45) is 0 Å². The number of halogens is 2. The summed E-state index contributed by atoms with van der Waals surface area (Å²) in [7, 11) is 0. The lowest BCUT2D eigenvalue weighted by molar-refractivity contribution is -0.118. The first-order valence-corrected chi connectivity index (χ1v) is 7.02. The summed E-state index contributed by atoms with van der Waals surface area (Å²) in [5, 5.41) is 2.75. The molecule has 4 nitrogen and oxygen atoms in total. The molecule has 6 heteroatoms. The van der Waals surface area contributed by atoms with Crippen LogP contribution >= 0.6 is 24.0 Å². The van der Waals surface area contributed by atoms with Crippen molar-refractivity contribution in [1.82, 2.24) is 10.2 Å². The average molecular weight is 319 g/mol. The second-order valence-electron chi connectivity index (χ2n) is 4.62. The molecule has 0 unspecified atom stereocenters. The van der Waals surface area contributed by atoms with E-state index in [0.29, 0.717) is 6.54 Å². The minimum Gasteiger partial charge on any atom is -0.379 e. The second kappa shape index (κ2) is 9.19. The van der Waals surface area contributed by atoms with Crippen molar-refractivity contribution in [2.45, 2.75) is 13.1 Å². The number of morpholine rings is 1. The van der Waals surface area contributed by atoms with Gasteiger partial charge < -0.3 is 10.1 Å². The number of ether oxygens (including phenoxy) is 1. The molecule has 1 fully saturated rings. The molecule has 0 atom stereocenters. The zero-order chi connectivity index (χ0) is 13.5. The highest BCUT2D eigenvalue weighted by Crippen LogP contribution is 2.09. The van der Waals surface area contributed by atoms with E-state index in [4.69, 9.17) is 16.3 Å². The van der Waals surface area contributed by atoms with Crippen molar-refractivity contribution < 1.29 is 9.53 Å². The van der Waals surface area contributed by atoms with Crippen molar-refractivity contribution in [1.29, 1.82) is 0 Å². The number of hydrogen-bond donors (Lipinski definition) is 1. The standard InChI is InChI=1S/C14H19ClN2O2.ClH/c15-9-14(18)16-10-12-1-3-13(4-2-12)11-17-5-7-19-8-6-17;/h1-4H,5-11H2,(H,16,18);1H. The van der Waals surface area contributed by atoms with E-state index in [2.05, 4.69) is 22.3 Å². The zero-order valence-electron chi connectivity index (χ0n) is 11.3. The SMILES string of the molecule is Cl.O=C(CCl)NCc1ccc(CN2CCOCC2)cc1. The lowest BCUT2D eigenvalue weighted by Crippen LogP contribution is -2.35.